The van der Waals surface area contributed by atoms with Gasteiger partial charge in [0, 0.05) is 23.6 Å². The van der Waals surface area contributed by atoms with Gasteiger partial charge >= 0.3 is 5.69 Å². The SMILES string of the molecule is C=CCOc1ccc([C@@H]2C3=C(CC(C)(C)CC3=O)Nc3[nH]c(=O)[nH]c(=O)c32)cc1OC. The third-order valence-electron chi connectivity index (χ3n) is 5.63. The molecule has 0 unspecified atom stereocenters. The van der Waals surface area contributed by atoms with Crippen LogP contribution < -0.4 is 26.0 Å². The van der Waals surface area contributed by atoms with E-state index in [0.29, 0.717) is 53.5 Å². The molecule has 0 saturated heterocycles. The van der Waals surface area contributed by atoms with Gasteiger partial charge in [0.2, 0.25) is 0 Å². The molecule has 1 aliphatic heterocycles. The van der Waals surface area contributed by atoms with E-state index in [1.54, 1.807) is 18.2 Å². The fourth-order valence-corrected chi connectivity index (χ4v) is 4.41. The van der Waals surface area contributed by atoms with Crippen LogP contribution >= 0.6 is 0 Å². The fourth-order valence-electron chi connectivity index (χ4n) is 4.41. The van der Waals surface area contributed by atoms with Crippen LogP contribution in [0.15, 0.2) is 51.7 Å². The highest BCUT2D eigenvalue weighted by Crippen LogP contribution is 2.48. The first-order valence-corrected chi connectivity index (χ1v) is 10.1. The van der Waals surface area contributed by atoms with E-state index in [0.717, 1.165) is 5.70 Å². The zero-order chi connectivity index (χ0) is 22.3. The summed E-state index contributed by atoms with van der Waals surface area (Å²) in [5.41, 5.74) is 0.901. The Morgan fingerprint density at radius 3 is 2.65 bits per heavy atom. The Bertz CT molecular complexity index is 1220. The monoisotopic (exact) mass is 423 g/mol. The molecule has 0 spiro atoms. The standard InChI is InChI=1S/C23H25N3O5/c1-5-8-31-15-7-6-12(9-16(15)30-4)17-18-13(10-23(2,3)11-14(18)27)24-20-19(17)21(28)26-22(29)25-20/h5-7,9,17H,1,8,10-11H2,2-4H3,(H3,24,25,26,28,29)/t17-/m1/s1. The molecule has 4 rings (SSSR count). The van der Waals surface area contributed by atoms with E-state index < -0.39 is 17.2 Å². The second-order valence-corrected chi connectivity index (χ2v) is 8.60. The summed E-state index contributed by atoms with van der Waals surface area (Å²) in [6, 6.07) is 5.32. The topological polar surface area (TPSA) is 113 Å². The maximum Gasteiger partial charge on any atom is 0.327 e. The molecule has 2 aliphatic rings. The van der Waals surface area contributed by atoms with Crippen molar-refractivity contribution < 1.29 is 14.3 Å². The van der Waals surface area contributed by atoms with E-state index in [4.69, 9.17) is 9.47 Å². The minimum absolute atomic E-state index is 0.0223. The van der Waals surface area contributed by atoms with Crippen LogP contribution in [0.2, 0.25) is 0 Å². The molecule has 162 valence electrons. The van der Waals surface area contributed by atoms with Crippen molar-refractivity contribution in [2.75, 3.05) is 19.0 Å². The lowest BCUT2D eigenvalue weighted by molar-refractivity contribution is -0.118. The summed E-state index contributed by atoms with van der Waals surface area (Å²) in [6.45, 7) is 8.01. The second-order valence-electron chi connectivity index (χ2n) is 8.60. The first-order valence-electron chi connectivity index (χ1n) is 10.1. The molecule has 1 aromatic carbocycles. The molecule has 0 bridgehead atoms. The molecule has 3 N–H and O–H groups in total. The number of carbonyl (C=O) groups is 1. The lowest BCUT2D eigenvalue weighted by Crippen LogP contribution is -2.38. The number of fused-ring (bicyclic) bond motifs is 1. The largest absolute Gasteiger partial charge is 0.493 e. The number of carbonyl (C=O) groups excluding carboxylic acids is 1. The van der Waals surface area contributed by atoms with Crippen LogP contribution in [0.25, 0.3) is 0 Å². The number of H-pyrrole nitrogens is 2. The number of benzene rings is 1. The third-order valence-corrected chi connectivity index (χ3v) is 5.63. The van der Waals surface area contributed by atoms with Gasteiger partial charge in [-0.15, -0.1) is 0 Å². The highest BCUT2D eigenvalue weighted by molar-refractivity contribution is 6.01. The number of aromatic amines is 2. The molecule has 2 aromatic rings. The van der Waals surface area contributed by atoms with Crippen molar-refractivity contribution in [1.29, 1.82) is 0 Å². The molecule has 2 heterocycles. The van der Waals surface area contributed by atoms with Gasteiger partial charge in [-0.1, -0.05) is 32.6 Å². The normalized spacial score (nSPS) is 19.2. The number of hydrogen-bond acceptors (Lipinski definition) is 6. The Kier molecular flexibility index (Phi) is 5.08. The Balaban J connectivity index is 1.93. The van der Waals surface area contributed by atoms with E-state index in [-0.39, 0.29) is 11.2 Å². The third kappa shape index (κ3) is 3.69. The van der Waals surface area contributed by atoms with Crippen LogP contribution in [0.3, 0.4) is 0 Å². The summed E-state index contributed by atoms with van der Waals surface area (Å²) < 4.78 is 11.1. The number of rotatable bonds is 5. The summed E-state index contributed by atoms with van der Waals surface area (Å²) >= 11 is 0. The van der Waals surface area contributed by atoms with Gasteiger partial charge in [-0.2, -0.15) is 0 Å². The first kappa shape index (κ1) is 20.7. The number of hydrogen-bond donors (Lipinski definition) is 3. The van der Waals surface area contributed by atoms with E-state index in [9.17, 15) is 14.4 Å². The van der Waals surface area contributed by atoms with Crippen molar-refractivity contribution in [3.8, 4) is 11.5 Å². The van der Waals surface area contributed by atoms with Crippen molar-refractivity contribution in [3.05, 3.63) is 74.1 Å². The zero-order valence-electron chi connectivity index (χ0n) is 17.8. The average molecular weight is 423 g/mol. The predicted octanol–water partition coefficient (Wildman–Crippen LogP) is 2.84. The molecule has 1 aliphatic carbocycles. The van der Waals surface area contributed by atoms with Crippen LogP contribution in [0.4, 0.5) is 5.82 Å². The zero-order valence-corrected chi connectivity index (χ0v) is 17.8. The Hall–Kier alpha value is -3.55. The molecular formula is C23H25N3O5. The molecular weight excluding hydrogens is 398 g/mol. The molecule has 8 nitrogen and oxygen atoms in total. The maximum absolute atomic E-state index is 13.2. The molecule has 1 aromatic heterocycles. The molecule has 0 amide bonds. The molecule has 0 radical (unpaired) electrons. The second kappa shape index (κ2) is 7.61. The van der Waals surface area contributed by atoms with E-state index >= 15 is 0 Å². The quantitative estimate of drug-likeness (QED) is 0.638. The van der Waals surface area contributed by atoms with Crippen molar-refractivity contribution in [3.63, 3.8) is 0 Å². The van der Waals surface area contributed by atoms with E-state index in [2.05, 4.69) is 21.9 Å². The summed E-state index contributed by atoms with van der Waals surface area (Å²) in [7, 11) is 1.53. The summed E-state index contributed by atoms with van der Waals surface area (Å²) in [5, 5.41) is 3.15. The summed E-state index contributed by atoms with van der Waals surface area (Å²) in [5.74, 6) is 0.657. The Morgan fingerprint density at radius 1 is 1.16 bits per heavy atom. The van der Waals surface area contributed by atoms with Gasteiger partial charge in [0.05, 0.1) is 12.7 Å². The van der Waals surface area contributed by atoms with Gasteiger partial charge in [0.25, 0.3) is 5.56 Å². The van der Waals surface area contributed by atoms with Crippen molar-refractivity contribution in [1.82, 2.24) is 9.97 Å². The lowest BCUT2D eigenvalue weighted by atomic mass is 9.69. The Labute approximate surface area is 179 Å². The average Bonchev–Trinajstić information content (AvgIpc) is 2.69. The smallest absolute Gasteiger partial charge is 0.327 e. The number of ether oxygens (including phenoxy) is 2. The minimum atomic E-state index is -0.641. The molecule has 0 saturated carbocycles. The van der Waals surface area contributed by atoms with E-state index in [1.165, 1.54) is 7.11 Å². The van der Waals surface area contributed by atoms with Crippen LogP contribution in [0.1, 0.15) is 43.7 Å². The Morgan fingerprint density at radius 2 is 1.94 bits per heavy atom. The van der Waals surface area contributed by atoms with Gasteiger partial charge in [-0.05, 0) is 29.5 Å². The van der Waals surface area contributed by atoms with Crippen LogP contribution in [-0.4, -0.2) is 29.5 Å². The van der Waals surface area contributed by atoms with Gasteiger partial charge in [0.15, 0.2) is 17.3 Å². The van der Waals surface area contributed by atoms with Crippen molar-refractivity contribution in [2.24, 2.45) is 5.41 Å². The lowest BCUT2D eigenvalue weighted by Gasteiger charge is -2.38. The van der Waals surface area contributed by atoms with Crippen molar-refractivity contribution >= 4 is 11.6 Å². The highest BCUT2D eigenvalue weighted by Gasteiger charge is 2.42. The van der Waals surface area contributed by atoms with Gasteiger partial charge in [-0.25, -0.2) is 4.79 Å². The molecule has 0 fully saturated rings. The van der Waals surface area contributed by atoms with Gasteiger partial charge in [-0.3, -0.25) is 19.6 Å². The predicted molar refractivity (Wildman–Crippen MR) is 117 cm³/mol. The number of methoxy groups -OCH3 is 1. The highest BCUT2D eigenvalue weighted by atomic mass is 16.5. The number of ketones is 1. The van der Waals surface area contributed by atoms with E-state index in [1.807, 2.05) is 19.9 Å². The number of anilines is 1. The number of aromatic nitrogens is 2. The number of nitrogens with one attached hydrogen (secondary N) is 3. The van der Waals surface area contributed by atoms with Crippen LogP contribution in [0.5, 0.6) is 11.5 Å². The maximum atomic E-state index is 13.2. The fraction of sp³-hybridized carbons (Fsp3) is 0.348. The minimum Gasteiger partial charge on any atom is -0.493 e. The number of allylic oxidation sites excluding steroid dienone is 2. The molecule has 8 heteroatoms. The molecule has 31 heavy (non-hydrogen) atoms. The van der Waals surface area contributed by atoms with Crippen LogP contribution in [-0.2, 0) is 4.79 Å². The first-order chi connectivity index (χ1) is 14.7. The summed E-state index contributed by atoms with van der Waals surface area (Å²) in [4.78, 5) is 42.9. The van der Waals surface area contributed by atoms with Crippen molar-refractivity contribution in [2.45, 2.75) is 32.6 Å². The summed E-state index contributed by atoms with van der Waals surface area (Å²) in [6.07, 6.45) is 2.63. The van der Waals surface area contributed by atoms with Gasteiger partial charge < -0.3 is 14.8 Å². The van der Waals surface area contributed by atoms with Crippen LogP contribution in [0, 0.1) is 5.41 Å². The van der Waals surface area contributed by atoms with Gasteiger partial charge in [0.1, 0.15) is 12.4 Å². The molecule has 1 atom stereocenters. The number of Topliss-reactive ketones (excluding diaryl/α,β-unsaturated/α-hetero) is 1.